The Labute approximate surface area is 255 Å². The van der Waals surface area contributed by atoms with E-state index in [0.29, 0.717) is 32.1 Å². The van der Waals surface area contributed by atoms with Gasteiger partial charge in [0.1, 0.15) is 12.4 Å². The molecule has 3 fully saturated rings. The molecule has 1 unspecified atom stereocenters. The van der Waals surface area contributed by atoms with Crippen LogP contribution in [0.4, 0.5) is 11.5 Å². The molecule has 3 aromatic rings. The highest BCUT2D eigenvalue weighted by molar-refractivity contribution is 7.90. The van der Waals surface area contributed by atoms with E-state index in [1.807, 2.05) is 0 Å². The number of nitrogens with one attached hydrogen (secondary N) is 1. The fourth-order valence-electron chi connectivity index (χ4n) is 8.09. The average molecular weight is 605 g/mol. The summed E-state index contributed by atoms with van der Waals surface area (Å²) in [6.45, 7) is 7.85. The predicted octanol–water partition coefficient (Wildman–Crippen LogP) is 4.28. The number of aromatic nitrogens is 2. The second-order valence-electron chi connectivity index (χ2n) is 12.7. The molecule has 1 aromatic heterocycles. The number of anilines is 2. The van der Waals surface area contributed by atoms with Gasteiger partial charge in [0.05, 0.1) is 23.0 Å². The maximum Gasteiger partial charge on any atom is 0.318 e. The van der Waals surface area contributed by atoms with E-state index in [2.05, 4.69) is 62.7 Å². The minimum atomic E-state index is -3.38. The van der Waals surface area contributed by atoms with Gasteiger partial charge >= 0.3 is 6.01 Å². The van der Waals surface area contributed by atoms with Crippen molar-refractivity contribution < 1.29 is 13.2 Å². The molecule has 0 saturated carbocycles. The van der Waals surface area contributed by atoms with Crippen LogP contribution in [0.25, 0.3) is 10.8 Å². The first-order valence-corrected chi connectivity index (χ1v) is 17.7. The molecular formula is C33H44N6O3S. The topological polar surface area (TPSA) is 90.9 Å². The zero-order chi connectivity index (χ0) is 29.6. The maximum atomic E-state index is 12.8. The summed E-state index contributed by atoms with van der Waals surface area (Å²) in [5.41, 5.74) is 4.81. The third-order valence-corrected chi connectivity index (χ3v) is 12.2. The van der Waals surface area contributed by atoms with E-state index < -0.39 is 15.3 Å². The molecule has 3 saturated heterocycles. The zero-order valence-electron chi connectivity index (χ0n) is 25.5. The Morgan fingerprint density at radius 1 is 1.00 bits per heavy atom. The molecule has 7 rings (SSSR count). The van der Waals surface area contributed by atoms with E-state index in [0.717, 1.165) is 75.4 Å². The van der Waals surface area contributed by atoms with Crippen molar-refractivity contribution in [3.8, 4) is 6.01 Å². The Kier molecular flexibility index (Phi) is 7.72. The van der Waals surface area contributed by atoms with E-state index in [9.17, 15) is 8.42 Å². The Morgan fingerprint density at radius 3 is 2.56 bits per heavy atom. The SMILES string of the molecule is CCc1cccc2cccc(N3CCc4c(nc(OCC56CCCN5CCC6)nc4N4CCCC(S(=O)(=O)NC)C4)C3)c12. The van der Waals surface area contributed by atoms with Gasteiger partial charge in [0.15, 0.2) is 0 Å². The van der Waals surface area contributed by atoms with Gasteiger partial charge in [0, 0.05) is 36.3 Å². The van der Waals surface area contributed by atoms with Crippen LogP contribution in [-0.2, 0) is 29.4 Å². The van der Waals surface area contributed by atoms with Crippen LogP contribution in [-0.4, -0.2) is 80.5 Å². The van der Waals surface area contributed by atoms with Crippen LogP contribution in [0.2, 0.25) is 0 Å². The van der Waals surface area contributed by atoms with Crippen molar-refractivity contribution in [2.75, 3.05) is 56.2 Å². The number of nitrogens with zero attached hydrogens (tertiary/aromatic N) is 5. The molecule has 0 bridgehead atoms. The van der Waals surface area contributed by atoms with Crippen molar-refractivity contribution >= 4 is 32.3 Å². The first-order valence-electron chi connectivity index (χ1n) is 16.1. The van der Waals surface area contributed by atoms with Gasteiger partial charge in [-0.2, -0.15) is 9.97 Å². The van der Waals surface area contributed by atoms with Gasteiger partial charge in [-0.15, -0.1) is 0 Å². The van der Waals surface area contributed by atoms with Crippen molar-refractivity contribution in [3.05, 3.63) is 53.2 Å². The number of aryl methyl sites for hydroxylation is 1. The second-order valence-corrected chi connectivity index (χ2v) is 14.9. The molecule has 4 aliphatic heterocycles. The van der Waals surface area contributed by atoms with Crippen molar-refractivity contribution in [2.45, 2.75) is 75.6 Å². The smallest absolute Gasteiger partial charge is 0.318 e. The molecule has 1 N–H and O–H groups in total. The summed E-state index contributed by atoms with van der Waals surface area (Å²) in [7, 11) is -1.87. The van der Waals surface area contributed by atoms with Crippen molar-refractivity contribution in [3.63, 3.8) is 0 Å². The number of fused-ring (bicyclic) bond motifs is 3. The molecule has 230 valence electrons. The lowest BCUT2D eigenvalue weighted by atomic mass is 9.95. The molecular weight excluding hydrogens is 560 g/mol. The number of piperidine rings is 1. The minimum absolute atomic E-state index is 0.0993. The van der Waals surface area contributed by atoms with Crippen LogP contribution in [0.1, 0.15) is 62.3 Å². The van der Waals surface area contributed by atoms with E-state index in [1.165, 1.54) is 41.9 Å². The zero-order valence-corrected chi connectivity index (χ0v) is 26.3. The summed E-state index contributed by atoms with van der Waals surface area (Å²) in [4.78, 5) is 17.3. The van der Waals surface area contributed by atoms with Gasteiger partial charge in [-0.1, -0.05) is 37.3 Å². The number of hydrogen-bond acceptors (Lipinski definition) is 8. The number of benzene rings is 2. The first kappa shape index (κ1) is 28.8. The standard InChI is InChI=1S/C33H44N6O3S/c1-3-24-9-4-10-25-11-5-13-29(30(24)25)37-20-14-27-28(22-37)35-32(42-23-33-15-7-18-39(33)19-8-16-33)36-31(27)38-17-6-12-26(21-38)43(40,41)34-2/h4-5,9-11,13,26,34H,3,6-8,12,14-23H2,1-2H3. The van der Waals surface area contributed by atoms with Gasteiger partial charge in [-0.25, -0.2) is 13.1 Å². The highest BCUT2D eigenvalue weighted by Gasteiger charge is 2.45. The molecule has 5 heterocycles. The predicted molar refractivity (Wildman–Crippen MR) is 172 cm³/mol. The molecule has 9 nitrogen and oxygen atoms in total. The van der Waals surface area contributed by atoms with E-state index in [4.69, 9.17) is 14.7 Å². The molecule has 10 heteroatoms. The highest BCUT2D eigenvalue weighted by Crippen LogP contribution is 2.40. The third-order valence-electron chi connectivity index (χ3n) is 10.4. The number of sulfonamides is 1. The quantitative estimate of drug-likeness (QED) is 0.408. The molecule has 0 spiro atoms. The Morgan fingerprint density at radius 2 is 1.79 bits per heavy atom. The Balaban J connectivity index is 1.24. The lowest BCUT2D eigenvalue weighted by Crippen LogP contribution is -2.47. The van der Waals surface area contributed by atoms with Crippen molar-refractivity contribution in [2.24, 2.45) is 0 Å². The maximum absolute atomic E-state index is 12.8. The third kappa shape index (κ3) is 5.25. The fourth-order valence-corrected chi connectivity index (χ4v) is 9.27. The lowest BCUT2D eigenvalue weighted by molar-refractivity contribution is 0.107. The first-order chi connectivity index (χ1) is 20.9. The van der Waals surface area contributed by atoms with E-state index >= 15 is 0 Å². The molecule has 1 atom stereocenters. The number of hydrogen-bond donors (Lipinski definition) is 1. The monoisotopic (exact) mass is 604 g/mol. The van der Waals surface area contributed by atoms with Crippen LogP contribution in [0, 0.1) is 0 Å². The Hall–Kier alpha value is -2.95. The summed E-state index contributed by atoms with van der Waals surface area (Å²) in [6.07, 6.45) is 8.00. The number of rotatable bonds is 8. The molecule has 0 aliphatic carbocycles. The van der Waals surface area contributed by atoms with Crippen LogP contribution in [0.3, 0.4) is 0 Å². The summed E-state index contributed by atoms with van der Waals surface area (Å²) in [6, 6.07) is 13.6. The van der Waals surface area contributed by atoms with Gasteiger partial charge in [-0.3, -0.25) is 4.90 Å². The van der Waals surface area contributed by atoms with Crippen molar-refractivity contribution in [1.82, 2.24) is 19.6 Å². The molecule has 0 radical (unpaired) electrons. The van der Waals surface area contributed by atoms with Gasteiger partial charge < -0.3 is 14.5 Å². The van der Waals surface area contributed by atoms with Gasteiger partial charge in [-0.05, 0) is 88.5 Å². The van der Waals surface area contributed by atoms with Crippen LogP contribution in [0.15, 0.2) is 36.4 Å². The summed E-state index contributed by atoms with van der Waals surface area (Å²) < 4.78 is 34.7. The molecule has 43 heavy (non-hydrogen) atoms. The minimum Gasteiger partial charge on any atom is -0.461 e. The summed E-state index contributed by atoms with van der Waals surface area (Å²) >= 11 is 0. The number of ether oxygens (including phenoxy) is 1. The fraction of sp³-hybridized carbons (Fsp3) is 0.576. The highest BCUT2D eigenvalue weighted by atomic mass is 32.2. The second kappa shape index (κ2) is 11.5. The van der Waals surface area contributed by atoms with E-state index in [-0.39, 0.29) is 5.54 Å². The van der Waals surface area contributed by atoms with Crippen LogP contribution >= 0.6 is 0 Å². The summed E-state index contributed by atoms with van der Waals surface area (Å²) in [5, 5.41) is 2.12. The normalized spacial score (nSPS) is 22.1. The van der Waals surface area contributed by atoms with Gasteiger partial charge in [0.2, 0.25) is 10.0 Å². The molecule has 2 aromatic carbocycles. The van der Waals surface area contributed by atoms with Crippen LogP contribution in [0.5, 0.6) is 6.01 Å². The van der Waals surface area contributed by atoms with Crippen LogP contribution < -0.4 is 19.3 Å². The van der Waals surface area contributed by atoms with Gasteiger partial charge in [0.25, 0.3) is 0 Å². The Bertz CT molecular complexity index is 1600. The molecule has 0 amide bonds. The van der Waals surface area contributed by atoms with Crippen molar-refractivity contribution in [1.29, 1.82) is 0 Å². The largest absolute Gasteiger partial charge is 0.461 e. The lowest BCUT2D eigenvalue weighted by Gasteiger charge is -2.37. The molecule has 4 aliphatic rings. The van der Waals surface area contributed by atoms with E-state index in [1.54, 1.807) is 0 Å². The summed E-state index contributed by atoms with van der Waals surface area (Å²) in [5.74, 6) is 0.857. The average Bonchev–Trinajstić information content (AvgIpc) is 3.63.